The molecule has 1 fully saturated rings. The van der Waals surface area contributed by atoms with Crippen molar-refractivity contribution in [1.29, 1.82) is 0 Å². The predicted molar refractivity (Wildman–Crippen MR) is 95.5 cm³/mol. The lowest BCUT2D eigenvalue weighted by molar-refractivity contribution is -0.132. The van der Waals surface area contributed by atoms with Crippen LogP contribution in [0.5, 0.6) is 5.75 Å². The van der Waals surface area contributed by atoms with Crippen LogP contribution in [0.3, 0.4) is 0 Å². The fourth-order valence-electron chi connectivity index (χ4n) is 2.91. The Balaban J connectivity index is 1.88. The van der Waals surface area contributed by atoms with E-state index < -0.39 is 5.60 Å². The molecule has 1 unspecified atom stereocenters. The maximum atomic E-state index is 12.1. The number of carbonyl (C=O) groups excluding carboxylic acids is 2. The van der Waals surface area contributed by atoms with Gasteiger partial charge >= 0.3 is 0 Å². The van der Waals surface area contributed by atoms with Crippen molar-refractivity contribution in [2.75, 3.05) is 26.2 Å². The minimum Gasteiger partial charge on any atom is -0.491 e. The van der Waals surface area contributed by atoms with Crippen molar-refractivity contribution < 1.29 is 19.4 Å². The number of benzene rings is 1. The van der Waals surface area contributed by atoms with Crippen LogP contribution < -0.4 is 10.1 Å². The quantitative estimate of drug-likeness (QED) is 0.846. The molecular formula is C19H28N2O4. The lowest BCUT2D eigenvalue weighted by Crippen LogP contribution is -2.41. The van der Waals surface area contributed by atoms with Gasteiger partial charge in [0.2, 0.25) is 11.8 Å². The zero-order chi connectivity index (χ0) is 18.4. The highest BCUT2D eigenvalue weighted by Crippen LogP contribution is 2.25. The normalized spacial score (nSPS) is 20.7. The van der Waals surface area contributed by atoms with Gasteiger partial charge in [-0.05, 0) is 56.4 Å². The van der Waals surface area contributed by atoms with E-state index in [2.05, 4.69) is 5.32 Å². The summed E-state index contributed by atoms with van der Waals surface area (Å²) in [5.74, 6) is 0.412. The lowest BCUT2D eigenvalue weighted by atomic mass is 9.96. The second-order valence-electron chi connectivity index (χ2n) is 6.90. The zero-order valence-corrected chi connectivity index (χ0v) is 15.3. The third kappa shape index (κ3) is 5.74. The molecule has 1 saturated heterocycles. The van der Waals surface area contributed by atoms with Crippen LogP contribution in [0.4, 0.5) is 0 Å². The molecule has 1 aromatic rings. The Morgan fingerprint density at radius 1 is 1.24 bits per heavy atom. The van der Waals surface area contributed by atoms with Gasteiger partial charge in [0.25, 0.3) is 0 Å². The number of hydrogen-bond donors (Lipinski definition) is 2. The molecule has 2 amide bonds. The van der Waals surface area contributed by atoms with Gasteiger partial charge in [-0.15, -0.1) is 0 Å². The van der Waals surface area contributed by atoms with Crippen molar-refractivity contribution in [3.8, 4) is 5.75 Å². The molecule has 0 saturated carbocycles. The summed E-state index contributed by atoms with van der Waals surface area (Å²) >= 11 is 0. The fraction of sp³-hybridized carbons (Fsp3) is 0.579. The number of ether oxygens (including phenoxy) is 1. The molecular weight excluding hydrogens is 320 g/mol. The first-order chi connectivity index (χ1) is 11.8. The molecule has 6 heteroatoms. The molecule has 0 aromatic heterocycles. The molecule has 0 spiro atoms. The number of carbonyl (C=O) groups is 2. The first-order valence-corrected chi connectivity index (χ1v) is 8.74. The van der Waals surface area contributed by atoms with Crippen LogP contribution in [0, 0.1) is 13.8 Å². The molecule has 6 nitrogen and oxygen atoms in total. The molecule has 2 N–H and O–H groups in total. The minimum atomic E-state index is -0.943. The van der Waals surface area contributed by atoms with Crippen LogP contribution in [-0.2, 0) is 9.59 Å². The van der Waals surface area contributed by atoms with E-state index in [0.29, 0.717) is 32.4 Å². The molecule has 1 atom stereocenters. The highest BCUT2D eigenvalue weighted by Gasteiger charge is 2.32. The Morgan fingerprint density at radius 3 is 2.68 bits per heavy atom. The zero-order valence-electron chi connectivity index (χ0n) is 15.3. The summed E-state index contributed by atoms with van der Waals surface area (Å²) in [4.78, 5) is 24.7. The topological polar surface area (TPSA) is 78.9 Å². The number of nitrogens with zero attached hydrogens (tertiary/aromatic N) is 1. The van der Waals surface area contributed by atoms with Crippen molar-refractivity contribution in [2.24, 2.45) is 0 Å². The van der Waals surface area contributed by atoms with E-state index in [0.717, 1.165) is 11.3 Å². The van der Waals surface area contributed by atoms with Crippen molar-refractivity contribution >= 4 is 11.8 Å². The maximum absolute atomic E-state index is 12.1. The largest absolute Gasteiger partial charge is 0.491 e. The Labute approximate surface area is 149 Å². The smallest absolute Gasteiger partial charge is 0.241 e. The van der Waals surface area contributed by atoms with E-state index in [-0.39, 0.29) is 25.0 Å². The van der Waals surface area contributed by atoms with Gasteiger partial charge < -0.3 is 20.1 Å². The molecule has 1 aromatic carbocycles. The second kappa shape index (κ2) is 8.34. The van der Waals surface area contributed by atoms with Crippen molar-refractivity contribution in [3.63, 3.8) is 0 Å². The van der Waals surface area contributed by atoms with Gasteiger partial charge in [-0.25, -0.2) is 0 Å². The highest BCUT2D eigenvalue weighted by molar-refractivity contribution is 5.83. The summed E-state index contributed by atoms with van der Waals surface area (Å²) in [7, 11) is 0. The Kier molecular flexibility index (Phi) is 6.42. The molecule has 138 valence electrons. The molecule has 1 aliphatic heterocycles. The van der Waals surface area contributed by atoms with Crippen LogP contribution in [0.1, 0.15) is 37.3 Å². The van der Waals surface area contributed by atoms with Crippen LogP contribution in [0.25, 0.3) is 0 Å². The third-order valence-corrected chi connectivity index (χ3v) is 4.74. The standard InChI is InChI=1S/C19H28N2O4/c1-14-5-6-17(11-15(14)2)25-13-19(24)7-4-9-21(10-8-19)18(23)12-20-16(3)22/h5-6,11,24H,4,7-10,12-13H2,1-3H3,(H,20,22). The van der Waals surface area contributed by atoms with Crippen LogP contribution >= 0.6 is 0 Å². The van der Waals surface area contributed by atoms with Crippen LogP contribution in [0.2, 0.25) is 0 Å². The number of aliphatic hydroxyl groups is 1. The number of likely N-dealkylation sites (tertiary alicyclic amines) is 1. The third-order valence-electron chi connectivity index (χ3n) is 4.74. The van der Waals surface area contributed by atoms with Gasteiger partial charge in [-0.2, -0.15) is 0 Å². The van der Waals surface area contributed by atoms with E-state index in [1.54, 1.807) is 4.90 Å². The van der Waals surface area contributed by atoms with Crippen molar-refractivity contribution in [3.05, 3.63) is 29.3 Å². The second-order valence-corrected chi connectivity index (χ2v) is 6.90. The summed E-state index contributed by atoms with van der Waals surface area (Å²) in [6.07, 6.45) is 1.75. The Morgan fingerprint density at radius 2 is 2.00 bits per heavy atom. The fourth-order valence-corrected chi connectivity index (χ4v) is 2.91. The molecule has 1 aliphatic rings. The number of hydrogen-bond acceptors (Lipinski definition) is 4. The van der Waals surface area contributed by atoms with E-state index >= 15 is 0 Å². The summed E-state index contributed by atoms with van der Waals surface area (Å²) in [6.45, 7) is 6.73. The van der Waals surface area contributed by atoms with Gasteiger partial charge in [-0.3, -0.25) is 9.59 Å². The summed E-state index contributed by atoms with van der Waals surface area (Å²) in [5, 5.41) is 13.3. The molecule has 25 heavy (non-hydrogen) atoms. The molecule has 0 aliphatic carbocycles. The van der Waals surface area contributed by atoms with Gasteiger partial charge in [-0.1, -0.05) is 6.07 Å². The monoisotopic (exact) mass is 348 g/mol. The summed E-state index contributed by atoms with van der Waals surface area (Å²) in [6, 6.07) is 5.88. The number of nitrogens with one attached hydrogen (secondary N) is 1. The van der Waals surface area contributed by atoms with E-state index in [1.807, 2.05) is 32.0 Å². The maximum Gasteiger partial charge on any atom is 0.241 e. The Hall–Kier alpha value is -2.08. The van der Waals surface area contributed by atoms with E-state index in [9.17, 15) is 14.7 Å². The molecule has 1 heterocycles. The average molecular weight is 348 g/mol. The van der Waals surface area contributed by atoms with Gasteiger partial charge in [0.1, 0.15) is 18.0 Å². The van der Waals surface area contributed by atoms with Crippen molar-refractivity contribution in [1.82, 2.24) is 10.2 Å². The molecule has 0 bridgehead atoms. The first kappa shape index (κ1) is 19.2. The van der Waals surface area contributed by atoms with Gasteiger partial charge in [0.05, 0.1) is 6.54 Å². The molecule has 2 rings (SSSR count). The van der Waals surface area contributed by atoms with Crippen molar-refractivity contribution in [2.45, 2.75) is 45.6 Å². The lowest BCUT2D eigenvalue weighted by Gasteiger charge is -2.27. The average Bonchev–Trinajstić information content (AvgIpc) is 2.76. The SMILES string of the molecule is CC(=O)NCC(=O)N1CCCC(O)(COc2ccc(C)c(C)c2)CC1. The highest BCUT2D eigenvalue weighted by atomic mass is 16.5. The van der Waals surface area contributed by atoms with Gasteiger partial charge in [0.15, 0.2) is 0 Å². The van der Waals surface area contributed by atoms with Crippen LogP contribution in [0.15, 0.2) is 18.2 Å². The van der Waals surface area contributed by atoms with Gasteiger partial charge in [0, 0.05) is 20.0 Å². The van der Waals surface area contributed by atoms with E-state index in [4.69, 9.17) is 4.74 Å². The summed E-state index contributed by atoms with van der Waals surface area (Å²) < 4.78 is 5.80. The number of rotatable bonds is 5. The summed E-state index contributed by atoms with van der Waals surface area (Å²) in [5.41, 5.74) is 1.41. The minimum absolute atomic E-state index is 0.00685. The molecule has 0 radical (unpaired) electrons. The number of aryl methyl sites for hydroxylation is 2. The van der Waals surface area contributed by atoms with Crippen LogP contribution in [-0.4, -0.2) is 53.7 Å². The Bertz CT molecular complexity index is 632. The van der Waals surface area contributed by atoms with E-state index in [1.165, 1.54) is 12.5 Å². The first-order valence-electron chi connectivity index (χ1n) is 8.74. The predicted octanol–water partition coefficient (Wildman–Crippen LogP) is 1.56. The number of amides is 2.